The summed E-state index contributed by atoms with van der Waals surface area (Å²) in [6.45, 7) is 3.84. The molecule has 11 heteroatoms. The van der Waals surface area contributed by atoms with Crippen molar-refractivity contribution in [3.05, 3.63) is 12.2 Å². The third kappa shape index (κ3) is 10.5. The van der Waals surface area contributed by atoms with Gasteiger partial charge in [-0.25, -0.2) is 4.79 Å². The largest absolute Gasteiger partial charge is 0.479 e. The molecule has 3 unspecified atom stereocenters. The number of rotatable bonds is 12. The minimum Gasteiger partial charge on any atom is -0.479 e. The average Bonchev–Trinajstić information content (AvgIpc) is 2.59. The number of hydrogen-bond acceptors (Lipinski definition) is 5. The molecule has 0 rings (SSSR count). The van der Waals surface area contributed by atoms with Crippen LogP contribution in [0.5, 0.6) is 0 Å². The number of nitrogens with one attached hydrogen (secondary N) is 2. The first-order valence-electron chi connectivity index (χ1n) is 8.61. The summed E-state index contributed by atoms with van der Waals surface area (Å²) >= 11 is 0. The summed E-state index contributed by atoms with van der Waals surface area (Å²) in [4.78, 5) is 39.9. The van der Waals surface area contributed by atoms with E-state index >= 15 is 0 Å². The van der Waals surface area contributed by atoms with Crippen LogP contribution in [0, 0.1) is 5.92 Å². The monoisotopic (exact) mass is 402 g/mol. The molecule has 0 saturated carbocycles. The number of hydrogen-bond donors (Lipinski definition) is 6. The summed E-state index contributed by atoms with van der Waals surface area (Å²) in [6, 6.07) is -2.94. The number of aliphatic imine (C=N–C) groups is 1. The molecule has 0 aliphatic heterocycles. The molecular formula is C16H31N6O4P. The second-order valence-corrected chi connectivity index (χ2v) is 6.74. The van der Waals surface area contributed by atoms with Crippen LogP contribution in [-0.2, 0) is 14.4 Å². The van der Waals surface area contributed by atoms with Gasteiger partial charge >= 0.3 is 5.97 Å². The molecule has 0 saturated heterocycles. The normalized spacial score (nSPS) is 14.4. The summed E-state index contributed by atoms with van der Waals surface area (Å²) in [6.07, 6.45) is 4.14. The topological polar surface area (TPSA) is 186 Å². The molecular weight excluding hydrogens is 371 g/mol. The molecule has 0 aliphatic carbocycles. The molecule has 0 aromatic carbocycles. The highest BCUT2D eigenvalue weighted by molar-refractivity contribution is 7.16. The Morgan fingerprint density at radius 3 is 2.30 bits per heavy atom. The molecule has 2 amide bonds. The van der Waals surface area contributed by atoms with E-state index in [-0.39, 0.29) is 24.8 Å². The van der Waals surface area contributed by atoms with Crippen molar-refractivity contribution in [3.8, 4) is 0 Å². The van der Waals surface area contributed by atoms with Gasteiger partial charge in [0.2, 0.25) is 11.8 Å². The summed E-state index contributed by atoms with van der Waals surface area (Å²) in [5, 5.41) is 14.2. The zero-order valence-electron chi connectivity index (χ0n) is 15.7. The third-order valence-electron chi connectivity index (χ3n) is 3.63. The van der Waals surface area contributed by atoms with Crippen LogP contribution in [0.1, 0.15) is 26.7 Å². The Hall–Kier alpha value is -2.19. The number of amides is 2. The molecule has 0 bridgehead atoms. The van der Waals surface area contributed by atoms with Gasteiger partial charge < -0.3 is 32.9 Å². The lowest BCUT2D eigenvalue weighted by molar-refractivity contribution is -0.140. The van der Waals surface area contributed by atoms with Crippen LogP contribution in [0.3, 0.4) is 0 Å². The van der Waals surface area contributed by atoms with Gasteiger partial charge in [-0.1, -0.05) is 26.0 Å². The molecule has 0 fully saturated rings. The van der Waals surface area contributed by atoms with Gasteiger partial charge in [0, 0.05) is 6.54 Å². The maximum absolute atomic E-state index is 12.5. The maximum atomic E-state index is 12.5. The lowest BCUT2D eigenvalue weighted by atomic mass is 10.0. The van der Waals surface area contributed by atoms with Crippen molar-refractivity contribution in [2.24, 2.45) is 28.1 Å². The number of carbonyl (C=O) groups is 3. The highest BCUT2D eigenvalue weighted by atomic mass is 31.0. The van der Waals surface area contributed by atoms with Crippen molar-refractivity contribution >= 4 is 33.0 Å². The third-order valence-corrected chi connectivity index (χ3v) is 3.90. The molecule has 9 N–H and O–H groups in total. The molecule has 0 heterocycles. The number of nitrogens with two attached hydrogens (primary N) is 3. The van der Waals surface area contributed by atoms with Crippen LogP contribution in [0.25, 0.3) is 0 Å². The molecule has 0 aliphatic rings. The fourth-order valence-corrected chi connectivity index (χ4v) is 2.16. The van der Waals surface area contributed by atoms with Gasteiger partial charge in [-0.2, -0.15) is 0 Å². The first kappa shape index (κ1) is 24.8. The zero-order chi connectivity index (χ0) is 21.0. The van der Waals surface area contributed by atoms with E-state index in [4.69, 9.17) is 17.2 Å². The van der Waals surface area contributed by atoms with Crippen molar-refractivity contribution in [2.45, 2.75) is 44.8 Å². The van der Waals surface area contributed by atoms with Crippen molar-refractivity contribution in [1.82, 2.24) is 10.6 Å². The van der Waals surface area contributed by atoms with Gasteiger partial charge in [-0.15, -0.1) is 9.24 Å². The number of nitrogens with zero attached hydrogens (tertiary/aromatic N) is 1. The smallest absolute Gasteiger partial charge is 0.330 e. The minimum atomic E-state index is -1.21. The van der Waals surface area contributed by atoms with Crippen LogP contribution in [0.2, 0.25) is 0 Å². The summed E-state index contributed by atoms with van der Waals surface area (Å²) in [7, 11) is 2.42. The fourth-order valence-electron chi connectivity index (χ4n) is 2.00. The second-order valence-electron chi connectivity index (χ2n) is 6.27. The van der Waals surface area contributed by atoms with E-state index in [2.05, 4.69) is 24.9 Å². The van der Waals surface area contributed by atoms with E-state index < -0.39 is 35.9 Å². The van der Waals surface area contributed by atoms with Crippen molar-refractivity contribution < 1.29 is 19.5 Å². The minimum absolute atomic E-state index is 0.0737. The molecule has 0 aromatic rings. The van der Waals surface area contributed by atoms with Crippen LogP contribution in [0.15, 0.2) is 17.1 Å². The molecule has 0 radical (unpaired) electrons. The van der Waals surface area contributed by atoms with E-state index in [1.54, 1.807) is 19.9 Å². The number of allylic oxidation sites excluding steroid dienone is 1. The number of guanidine groups is 1. The number of aliphatic carboxylic acids is 1. The van der Waals surface area contributed by atoms with Crippen LogP contribution < -0.4 is 27.8 Å². The van der Waals surface area contributed by atoms with Crippen LogP contribution >= 0.6 is 9.24 Å². The predicted octanol–water partition coefficient (Wildman–Crippen LogP) is -1.49. The van der Waals surface area contributed by atoms with Gasteiger partial charge in [0.15, 0.2) is 5.96 Å². The van der Waals surface area contributed by atoms with E-state index in [0.29, 0.717) is 12.6 Å². The average molecular weight is 402 g/mol. The summed E-state index contributed by atoms with van der Waals surface area (Å²) in [5.41, 5.74) is 16.3. The van der Waals surface area contributed by atoms with Gasteiger partial charge in [0.25, 0.3) is 0 Å². The van der Waals surface area contributed by atoms with Crippen molar-refractivity contribution in [3.63, 3.8) is 0 Å². The Morgan fingerprint density at radius 2 is 1.81 bits per heavy atom. The number of carboxylic acid groups (broad SMARTS) is 1. The first-order valence-corrected chi connectivity index (χ1v) is 9.43. The lowest BCUT2D eigenvalue weighted by Gasteiger charge is -2.23. The van der Waals surface area contributed by atoms with Gasteiger partial charge in [0.1, 0.15) is 12.1 Å². The highest BCUT2D eigenvalue weighted by Crippen LogP contribution is 2.04. The lowest BCUT2D eigenvalue weighted by Crippen LogP contribution is -2.55. The van der Waals surface area contributed by atoms with Crippen molar-refractivity contribution in [2.75, 3.05) is 12.7 Å². The van der Waals surface area contributed by atoms with Gasteiger partial charge in [-0.05, 0) is 24.9 Å². The fraction of sp³-hybridized carbons (Fsp3) is 0.625. The Morgan fingerprint density at radius 1 is 1.19 bits per heavy atom. The summed E-state index contributed by atoms with van der Waals surface area (Å²) in [5.74, 6) is -2.51. The predicted molar refractivity (Wildman–Crippen MR) is 108 cm³/mol. The van der Waals surface area contributed by atoms with E-state index in [9.17, 15) is 19.5 Å². The molecule has 154 valence electrons. The standard InChI is InChI=1S/C16H31N6O4P/c1-9(2)12(17)14(24)21-10(5-3-7-20-16(18)19)13(23)22-11(15(25)26)6-4-8-27/h4,6,9-12H,3,5,7-8,17,27H2,1-2H3,(H,21,24)(H,22,23)(H,25,26)(H4,18,19,20)/t10-,11?,12?/m0/s1. The summed E-state index contributed by atoms with van der Waals surface area (Å²) < 4.78 is 0. The first-order chi connectivity index (χ1) is 12.6. The van der Waals surface area contributed by atoms with E-state index in [0.717, 1.165) is 0 Å². The Kier molecular flexibility index (Phi) is 12.0. The SMILES string of the molecule is CC(C)C(N)C(=O)N[C@@H](CCCN=C(N)N)C(=O)NC(C=CCP)C(=O)O. The van der Waals surface area contributed by atoms with E-state index in [1.165, 1.54) is 6.08 Å². The Bertz CT molecular complexity index is 563. The van der Waals surface area contributed by atoms with Crippen LogP contribution in [-0.4, -0.2) is 59.7 Å². The highest BCUT2D eigenvalue weighted by Gasteiger charge is 2.27. The quantitative estimate of drug-likeness (QED) is 0.0754. The van der Waals surface area contributed by atoms with E-state index in [1.807, 2.05) is 0 Å². The number of carbonyl (C=O) groups excluding carboxylic acids is 2. The second kappa shape index (κ2) is 13.1. The Balaban J connectivity index is 5.14. The number of carboxylic acids is 1. The zero-order valence-corrected chi connectivity index (χ0v) is 16.9. The van der Waals surface area contributed by atoms with Crippen molar-refractivity contribution in [1.29, 1.82) is 0 Å². The molecule has 4 atom stereocenters. The molecule has 0 aromatic heterocycles. The van der Waals surface area contributed by atoms with Gasteiger partial charge in [0.05, 0.1) is 6.04 Å². The molecule has 10 nitrogen and oxygen atoms in total. The molecule has 0 spiro atoms. The maximum Gasteiger partial charge on any atom is 0.330 e. The molecule has 27 heavy (non-hydrogen) atoms. The Labute approximate surface area is 161 Å². The van der Waals surface area contributed by atoms with Crippen LogP contribution in [0.4, 0.5) is 0 Å². The van der Waals surface area contributed by atoms with Gasteiger partial charge in [-0.3, -0.25) is 14.6 Å².